The summed E-state index contributed by atoms with van der Waals surface area (Å²) < 4.78 is 59.6. The lowest BCUT2D eigenvalue weighted by Crippen LogP contribution is -2.38. The van der Waals surface area contributed by atoms with E-state index >= 15 is 0 Å². The molecule has 0 bridgehead atoms. The molecule has 2 aromatic heterocycles. The molecule has 3 aromatic rings. The summed E-state index contributed by atoms with van der Waals surface area (Å²) in [7, 11) is -13.8. The lowest BCUT2D eigenvalue weighted by Gasteiger charge is -2.22. The van der Waals surface area contributed by atoms with Gasteiger partial charge in [0.25, 0.3) is 0 Å². The minimum absolute atomic E-state index is 0.0711. The van der Waals surface area contributed by atoms with Crippen molar-refractivity contribution in [3.8, 4) is 0 Å². The summed E-state index contributed by atoms with van der Waals surface area (Å²) in [5, 5.41) is 16.8. The number of aromatic nitrogens is 4. The highest BCUT2D eigenvalue weighted by molar-refractivity contribution is 7.66. The summed E-state index contributed by atoms with van der Waals surface area (Å²) in [6, 6.07) is 6.24. The van der Waals surface area contributed by atoms with Gasteiger partial charge in [-0.1, -0.05) is 12.1 Å². The average Bonchev–Trinajstić information content (AvgIpc) is 3.46. The zero-order valence-electron chi connectivity index (χ0n) is 21.5. The van der Waals surface area contributed by atoms with Crippen LogP contribution in [0.25, 0.3) is 11.2 Å². The van der Waals surface area contributed by atoms with Crippen LogP contribution in [0.5, 0.6) is 0 Å². The van der Waals surface area contributed by atoms with Crippen molar-refractivity contribution in [2.75, 3.05) is 31.3 Å². The van der Waals surface area contributed by atoms with Gasteiger partial charge in [0.1, 0.15) is 24.1 Å². The first kappa shape index (κ1) is 32.1. The molecule has 3 heterocycles. The second-order valence-corrected chi connectivity index (χ2v) is 12.8. The van der Waals surface area contributed by atoms with E-state index in [2.05, 4.69) is 38.7 Å². The fourth-order valence-corrected chi connectivity index (χ4v) is 7.02. The van der Waals surface area contributed by atoms with Crippen molar-refractivity contribution in [1.82, 2.24) is 19.5 Å². The smallest absolute Gasteiger partial charge is 0.453 e. The van der Waals surface area contributed by atoms with Crippen LogP contribution in [-0.4, -0.2) is 89.2 Å². The number of aliphatic hydroxyl groups excluding tert-OH is 1. The monoisotopic (exact) mass is 654 g/mol. The largest absolute Gasteiger partial charge is 0.490 e. The minimum Gasteiger partial charge on any atom is -0.453 e. The molecule has 2 unspecified atom stereocenters. The standard InChI is InChI=1S/C19H25N6O14P3/c1-20-11-6-4-3-5-10(11)19(27)37-15-12(7-35-41(31,32)39-42(33,34)38-40(28,29)30)36-18(14(15)26)25-9-24-13-16(21-2)22-8-23-17(13)25/h3-6,8-9,12,14-15,18,20,26H,7H2,1-2H3,(H,31,32)(H,33,34)(H,21,22,23)(H2,28,29,30)/t12-,14-,15-,18-/m1/s1. The highest BCUT2D eigenvalue weighted by Crippen LogP contribution is 2.66. The molecule has 0 spiro atoms. The molecule has 20 nitrogen and oxygen atoms in total. The van der Waals surface area contributed by atoms with Crippen molar-refractivity contribution in [1.29, 1.82) is 0 Å². The third-order valence-electron chi connectivity index (χ3n) is 5.66. The number of nitrogens with zero attached hydrogens (tertiary/aromatic N) is 4. The van der Waals surface area contributed by atoms with Crippen LogP contribution in [0, 0.1) is 0 Å². The quantitative estimate of drug-likeness (QED) is 0.105. The molecular weight excluding hydrogens is 629 g/mol. The zero-order chi connectivity index (χ0) is 30.9. The van der Waals surface area contributed by atoms with Gasteiger partial charge < -0.3 is 44.8 Å². The molecule has 0 radical (unpaired) electrons. The second kappa shape index (κ2) is 12.4. The fourth-order valence-electron chi connectivity index (χ4n) is 3.99. The number of fused-ring (bicyclic) bond motifs is 1. The number of carbonyl (C=O) groups excluding carboxylic acids is 1. The van der Waals surface area contributed by atoms with Crippen LogP contribution in [0.3, 0.4) is 0 Å². The molecule has 7 N–H and O–H groups in total. The summed E-state index contributed by atoms with van der Waals surface area (Å²) >= 11 is 0. The minimum atomic E-state index is -5.80. The maximum absolute atomic E-state index is 13.1. The molecule has 1 saturated heterocycles. The summed E-state index contributed by atoms with van der Waals surface area (Å²) in [6.45, 7) is -1.01. The van der Waals surface area contributed by atoms with E-state index in [4.69, 9.17) is 19.3 Å². The van der Waals surface area contributed by atoms with Crippen LogP contribution in [-0.2, 0) is 36.3 Å². The Morgan fingerprint density at radius 1 is 1.02 bits per heavy atom. The Morgan fingerprint density at radius 2 is 1.74 bits per heavy atom. The van der Waals surface area contributed by atoms with Gasteiger partial charge in [0.05, 0.1) is 18.5 Å². The molecule has 42 heavy (non-hydrogen) atoms. The molecule has 4 rings (SSSR count). The predicted octanol–water partition coefficient (Wildman–Crippen LogP) is 0.737. The number of phosphoric acid groups is 3. The Labute approximate surface area is 236 Å². The number of para-hydroxylation sites is 1. The van der Waals surface area contributed by atoms with Crippen LogP contribution in [0.15, 0.2) is 36.9 Å². The molecular formula is C19H25N6O14P3. The number of benzene rings is 1. The van der Waals surface area contributed by atoms with Crippen molar-refractivity contribution in [3.05, 3.63) is 42.5 Å². The number of hydrogen-bond donors (Lipinski definition) is 7. The van der Waals surface area contributed by atoms with Crippen LogP contribution >= 0.6 is 23.5 Å². The van der Waals surface area contributed by atoms with E-state index in [1.807, 2.05) is 0 Å². The number of esters is 1. The number of nitrogens with one attached hydrogen (secondary N) is 2. The summed E-state index contributed by atoms with van der Waals surface area (Å²) in [5.74, 6) is -0.575. The Morgan fingerprint density at radius 3 is 2.40 bits per heavy atom. The molecule has 1 aromatic carbocycles. The van der Waals surface area contributed by atoms with Gasteiger partial charge in [-0.2, -0.15) is 8.62 Å². The van der Waals surface area contributed by atoms with Crippen molar-refractivity contribution in [2.24, 2.45) is 0 Å². The fraction of sp³-hybridized carbons (Fsp3) is 0.368. The van der Waals surface area contributed by atoms with E-state index in [0.717, 1.165) is 0 Å². The van der Waals surface area contributed by atoms with Crippen molar-refractivity contribution >= 4 is 52.1 Å². The van der Waals surface area contributed by atoms with Crippen LogP contribution in [0.2, 0.25) is 0 Å². The van der Waals surface area contributed by atoms with Gasteiger partial charge in [-0.3, -0.25) is 9.09 Å². The molecule has 0 aliphatic carbocycles. The lowest BCUT2D eigenvalue weighted by atomic mass is 10.1. The van der Waals surface area contributed by atoms with E-state index < -0.39 is 60.6 Å². The first-order valence-corrected chi connectivity index (χ1v) is 16.1. The molecule has 1 aliphatic heterocycles. The highest BCUT2D eigenvalue weighted by atomic mass is 31.3. The van der Waals surface area contributed by atoms with Crippen LogP contribution in [0.1, 0.15) is 16.6 Å². The number of phosphoric ester groups is 1. The van der Waals surface area contributed by atoms with Gasteiger partial charge >= 0.3 is 29.4 Å². The van der Waals surface area contributed by atoms with Crippen LogP contribution < -0.4 is 10.6 Å². The number of ether oxygens (including phenoxy) is 2. The number of rotatable bonds is 12. The van der Waals surface area contributed by atoms with E-state index in [-0.39, 0.29) is 11.2 Å². The topological polar surface area (TPSA) is 283 Å². The van der Waals surface area contributed by atoms with Gasteiger partial charge in [-0.25, -0.2) is 33.4 Å². The number of imidazole rings is 1. The van der Waals surface area contributed by atoms with Crippen molar-refractivity contribution < 1.29 is 65.8 Å². The molecule has 1 fully saturated rings. The van der Waals surface area contributed by atoms with Gasteiger partial charge in [0.2, 0.25) is 0 Å². The summed E-state index contributed by atoms with van der Waals surface area (Å²) in [4.78, 5) is 62.2. The highest BCUT2D eigenvalue weighted by Gasteiger charge is 2.50. The van der Waals surface area contributed by atoms with E-state index in [1.165, 1.54) is 23.3 Å². The predicted molar refractivity (Wildman–Crippen MR) is 140 cm³/mol. The molecule has 230 valence electrons. The third kappa shape index (κ3) is 7.38. The number of hydrogen-bond acceptors (Lipinski definition) is 15. The van der Waals surface area contributed by atoms with Gasteiger partial charge in [-0.15, -0.1) is 0 Å². The summed E-state index contributed by atoms with van der Waals surface area (Å²) in [6.07, 6.45) is -3.65. The maximum atomic E-state index is 13.1. The van der Waals surface area contributed by atoms with Gasteiger partial charge in [0.15, 0.2) is 23.8 Å². The SMILES string of the molecule is CNc1ccccc1C(=O)O[C@H]1[C@@H](O)[C@H](n2cnc3c(NC)ncnc32)O[C@@H]1COP(=O)(O)OP(=O)(O)OP(=O)(O)O. The number of anilines is 2. The Hall–Kier alpha value is -2.83. The molecule has 6 atom stereocenters. The number of aliphatic hydroxyl groups is 1. The first-order chi connectivity index (χ1) is 19.6. The average molecular weight is 654 g/mol. The first-order valence-electron chi connectivity index (χ1n) is 11.6. The third-order valence-corrected chi connectivity index (χ3v) is 9.46. The van der Waals surface area contributed by atoms with Crippen molar-refractivity contribution in [3.63, 3.8) is 0 Å². The van der Waals surface area contributed by atoms with E-state index in [9.17, 15) is 33.4 Å². The van der Waals surface area contributed by atoms with Gasteiger partial charge in [0, 0.05) is 19.8 Å². The van der Waals surface area contributed by atoms with Crippen LogP contribution in [0.4, 0.5) is 11.5 Å². The molecule has 1 aliphatic rings. The zero-order valence-corrected chi connectivity index (χ0v) is 24.2. The second-order valence-electron chi connectivity index (χ2n) is 8.40. The molecule has 23 heteroatoms. The summed E-state index contributed by atoms with van der Waals surface area (Å²) in [5.41, 5.74) is 0.942. The lowest BCUT2D eigenvalue weighted by molar-refractivity contribution is -0.0520. The maximum Gasteiger partial charge on any atom is 0.490 e. The Balaban J connectivity index is 1.61. The number of carbonyl (C=O) groups is 1. The Kier molecular flexibility index (Phi) is 9.49. The Bertz CT molecular complexity index is 1600. The van der Waals surface area contributed by atoms with E-state index in [1.54, 1.807) is 32.3 Å². The van der Waals surface area contributed by atoms with Crippen molar-refractivity contribution in [2.45, 2.75) is 24.5 Å². The van der Waals surface area contributed by atoms with E-state index in [0.29, 0.717) is 17.0 Å². The molecule has 0 saturated carbocycles. The molecule has 0 amide bonds. The van der Waals surface area contributed by atoms with Gasteiger partial charge in [-0.05, 0) is 12.1 Å². The normalized spacial score (nSPS) is 23.7.